The quantitative estimate of drug-likeness (QED) is 0.645. The number of rotatable bonds is 4. The van der Waals surface area contributed by atoms with Crippen LogP contribution in [0.25, 0.3) is 10.8 Å². The molecular formula is C21H22ClN3O2. The first kappa shape index (κ1) is 19.0. The number of carbonyl (C=O) groups excluding carboxylic acids is 1. The van der Waals surface area contributed by atoms with Crippen LogP contribution >= 0.6 is 11.6 Å². The second-order valence-electron chi connectivity index (χ2n) is 6.98. The van der Waals surface area contributed by atoms with Gasteiger partial charge in [0.1, 0.15) is 0 Å². The summed E-state index contributed by atoms with van der Waals surface area (Å²) >= 11 is 6.02. The first-order valence-corrected chi connectivity index (χ1v) is 9.19. The average Bonchev–Trinajstić information content (AvgIpc) is 2.62. The molecule has 140 valence electrons. The number of nitrogens with one attached hydrogen (secondary N) is 2. The second-order valence-corrected chi connectivity index (χ2v) is 7.41. The van der Waals surface area contributed by atoms with Crippen molar-refractivity contribution in [2.45, 2.75) is 27.3 Å². The van der Waals surface area contributed by atoms with E-state index in [4.69, 9.17) is 11.6 Å². The summed E-state index contributed by atoms with van der Waals surface area (Å²) in [4.78, 5) is 25.2. The first-order valence-electron chi connectivity index (χ1n) is 8.81. The van der Waals surface area contributed by atoms with Gasteiger partial charge in [-0.2, -0.15) is 0 Å². The van der Waals surface area contributed by atoms with Crippen LogP contribution in [0.5, 0.6) is 0 Å². The molecule has 0 radical (unpaired) electrons. The van der Waals surface area contributed by atoms with E-state index in [0.717, 1.165) is 5.56 Å². The highest BCUT2D eigenvalue weighted by molar-refractivity contribution is 6.31. The third kappa shape index (κ3) is 4.31. The van der Waals surface area contributed by atoms with E-state index in [-0.39, 0.29) is 11.6 Å². The van der Waals surface area contributed by atoms with Crippen molar-refractivity contribution >= 4 is 39.8 Å². The fraction of sp³-hybridized carbons (Fsp3) is 0.238. The van der Waals surface area contributed by atoms with Gasteiger partial charge in [0.25, 0.3) is 5.56 Å². The third-order valence-corrected chi connectivity index (χ3v) is 4.49. The molecule has 0 unspecified atom stereocenters. The van der Waals surface area contributed by atoms with E-state index in [0.29, 0.717) is 39.6 Å². The number of carbonyl (C=O) groups is 1. The summed E-state index contributed by atoms with van der Waals surface area (Å²) in [5.41, 5.74) is 2.07. The molecule has 0 fully saturated rings. The van der Waals surface area contributed by atoms with Gasteiger partial charge in [0.2, 0.25) is 0 Å². The number of nitrogens with zero attached hydrogens (tertiary/aromatic N) is 1. The van der Waals surface area contributed by atoms with Gasteiger partial charge in [-0.25, -0.2) is 4.79 Å². The zero-order valence-electron chi connectivity index (χ0n) is 15.5. The molecular weight excluding hydrogens is 362 g/mol. The molecule has 3 rings (SSSR count). The van der Waals surface area contributed by atoms with Crippen molar-refractivity contribution in [3.63, 3.8) is 0 Å². The van der Waals surface area contributed by atoms with E-state index in [1.54, 1.807) is 29.0 Å². The van der Waals surface area contributed by atoms with Crippen molar-refractivity contribution in [1.82, 2.24) is 4.57 Å². The van der Waals surface area contributed by atoms with Crippen LogP contribution in [-0.2, 0) is 6.54 Å². The summed E-state index contributed by atoms with van der Waals surface area (Å²) in [6, 6.07) is 12.2. The lowest BCUT2D eigenvalue weighted by Gasteiger charge is -2.15. The SMILES string of the molecule is Cc1ccc(Cl)cc1NC(=O)Nc1cn(CC(C)C)c(=O)c2ccccc12. The van der Waals surface area contributed by atoms with Gasteiger partial charge in [0, 0.05) is 34.2 Å². The number of urea groups is 1. The van der Waals surface area contributed by atoms with Crippen molar-refractivity contribution in [3.05, 3.63) is 69.6 Å². The molecule has 0 aliphatic carbocycles. The Labute approximate surface area is 163 Å². The van der Waals surface area contributed by atoms with Crippen LogP contribution < -0.4 is 16.2 Å². The minimum atomic E-state index is -0.389. The smallest absolute Gasteiger partial charge is 0.313 e. The first-order chi connectivity index (χ1) is 12.8. The molecule has 0 saturated heterocycles. The Kier molecular flexibility index (Phi) is 5.51. The number of anilines is 2. The highest BCUT2D eigenvalue weighted by atomic mass is 35.5. The molecule has 1 heterocycles. The summed E-state index contributed by atoms with van der Waals surface area (Å²) in [6.45, 7) is 6.56. The number of pyridine rings is 1. The summed E-state index contributed by atoms with van der Waals surface area (Å²) in [5, 5.41) is 7.52. The van der Waals surface area contributed by atoms with E-state index in [2.05, 4.69) is 10.6 Å². The molecule has 2 N–H and O–H groups in total. The van der Waals surface area contributed by atoms with Crippen LogP contribution in [0.3, 0.4) is 0 Å². The number of halogens is 1. The van der Waals surface area contributed by atoms with Gasteiger partial charge in [-0.3, -0.25) is 4.79 Å². The predicted molar refractivity (Wildman–Crippen MR) is 112 cm³/mol. The molecule has 5 nitrogen and oxygen atoms in total. The number of aromatic nitrogens is 1. The Morgan fingerprint density at radius 3 is 2.44 bits per heavy atom. The molecule has 1 aromatic heterocycles. The maximum atomic E-state index is 12.7. The van der Waals surface area contributed by atoms with Crippen LogP contribution in [-0.4, -0.2) is 10.6 Å². The number of amides is 2. The predicted octanol–water partition coefficient (Wildman–Crippen LogP) is 5.26. The van der Waals surface area contributed by atoms with Gasteiger partial charge in [-0.1, -0.05) is 49.7 Å². The van der Waals surface area contributed by atoms with Gasteiger partial charge < -0.3 is 15.2 Å². The molecule has 0 aliphatic rings. The molecule has 0 spiro atoms. The lowest BCUT2D eigenvalue weighted by atomic mass is 10.1. The Hall–Kier alpha value is -2.79. The fourth-order valence-corrected chi connectivity index (χ4v) is 3.15. The van der Waals surface area contributed by atoms with Crippen LogP contribution in [0.4, 0.5) is 16.2 Å². The van der Waals surface area contributed by atoms with E-state index < -0.39 is 0 Å². The molecule has 27 heavy (non-hydrogen) atoms. The van der Waals surface area contributed by atoms with Crippen LogP contribution in [0.15, 0.2) is 53.5 Å². The molecule has 2 aromatic carbocycles. The summed E-state index contributed by atoms with van der Waals surface area (Å²) < 4.78 is 1.65. The molecule has 0 bridgehead atoms. The lowest BCUT2D eigenvalue weighted by Crippen LogP contribution is -2.25. The van der Waals surface area contributed by atoms with E-state index >= 15 is 0 Å². The van der Waals surface area contributed by atoms with Crippen LogP contribution in [0, 0.1) is 12.8 Å². The largest absolute Gasteiger partial charge is 0.323 e. The van der Waals surface area contributed by atoms with Crippen molar-refractivity contribution in [2.24, 2.45) is 5.92 Å². The zero-order chi connectivity index (χ0) is 19.6. The number of benzene rings is 2. The Morgan fingerprint density at radius 2 is 1.74 bits per heavy atom. The monoisotopic (exact) mass is 383 g/mol. The summed E-state index contributed by atoms with van der Waals surface area (Å²) in [6.07, 6.45) is 1.70. The highest BCUT2D eigenvalue weighted by Crippen LogP contribution is 2.23. The molecule has 0 aliphatic heterocycles. The highest BCUT2D eigenvalue weighted by Gasteiger charge is 2.12. The van der Waals surface area contributed by atoms with E-state index in [1.165, 1.54) is 0 Å². The molecule has 0 saturated carbocycles. The molecule has 3 aromatic rings. The Balaban J connectivity index is 1.96. The van der Waals surface area contributed by atoms with E-state index in [1.807, 2.05) is 45.0 Å². The normalized spacial score (nSPS) is 11.0. The molecule has 6 heteroatoms. The standard InChI is InChI=1S/C21H22ClN3O2/c1-13(2)11-25-12-19(16-6-4-5-7-17(16)20(25)26)24-21(27)23-18-10-15(22)9-8-14(18)3/h4-10,12-13H,11H2,1-3H3,(H2,23,24,27). The van der Waals surface area contributed by atoms with Crippen LogP contribution in [0.2, 0.25) is 5.02 Å². The number of aryl methyl sites for hydroxylation is 1. The fourth-order valence-electron chi connectivity index (χ4n) is 2.98. The second kappa shape index (κ2) is 7.84. The summed E-state index contributed by atoms with van der Waals surface area (Å²) in [5.74, 6) is 0.305. The molecule has 0 atom stereocenters. The third-order valence-electron chi connectivity index (χ3n) is 4.25. The Morgan fingerprint density at radius 1 is 1.07 bits per heavy atom. The number of hydrogen-bond donors (Lipinski definition) is 2. The van der Waals surface area contributed by atoms with Gasteiger partial charge in [-0.15, -0.1) is 0 Å². The van der Waals surface area contributed by atoms with Crippen molar-refractivity contribution < 1.29 is 4.79 Å². The summed E-state index contributed by atoms with van der Waals surface area (Å²) in [7, 11) is 0. The van der Waals surface area contributed by atoms with Crippen molar-refractivity contribution in [1.29, 1.82) is 0 Å². The maximum absolute atomic E-state index is 12.7. The van der Waals surface area contributed by atoms with Gasteiger partial charge in [0.05, 0.1) is 5.69 Å². The van der Waals surface area contributed by atoms with Crippen molar-refractivity contribution in [3.8, 4) is 0 Å². The van der Waals surface area contributed by atoms with Crippen LogP contribution in [0.1, 0.15) is 19.4 Å². The minimum absolute atomic E-state index is 0.0593. The van der Waals surface area contributed by atoms with Crippen molar-refractivity contribution in [2.75, 3.05) is 10.6 Å². The Bertz CT molecular complexity index is 1060. The number of hydrogen-bond acceptors (Lipinski definition) is 2. The zero-order valence-corrected chi connectivity index (χ0v) is 16.3. The van der Waals surface area contributed by atoms with Gasteiger partial charge in [0.15, 0.2) is 0 Å². The number of fused-ring (bicyclic) bond motifs is 1. The topological polar surface area (TPSA) is 63.1 Å². The minimum Gasteiger partial charge on any atom is -0.313 e. The maximum Gasteiger partial charge on any atom is 0.323 e. The van der Waals surface area contributed by atoms with E-state index in [9.17, 15) is 9.59 Å². The van der Waals surface area contributed by atoms with Gasteiger partial charge >= 0.3 is 6.03 Å². The lowest BCUT2D eigenvalue weighted by molar-refractivity contribution is 0.262. The average molecular weight is 384 g/mol. The molecule has 2 amide bonds. The van der Waals surface area contributed by atoms with Gasteiger partial charge in [-0.05, 0) is 36.6 Å².